The van der Waals surface area contributed by atoms with E-state index in [1.165, 1.54) is 104 Å². The van der Waals surface area contributed by atoms with E-state index in [9.17, 15) is 67.1 Å². The fourth-order valence-corrected chi connectivity index (χ4v) is 13.1. The van der Waals surface area contributed by atoms with Crippen LogP contribution in [0.4, 0.5) is 0 Å². The summed E-state index contributed by atoms with van der Waals surface area (Å²) in [4.78, 5) is 51.2. The summed E-state index contributed by atoms with van der Waals surface area (Å²) in [5.74, 6) is -2.15. The minimum absolute atomic E-state index is 0.113. The third kappa shape index (κ3) is 22.0. The summed E-state index contributed by atoms with van der Waals surface area (Å²) in [5.41, 5.74) is 0.692. The lowest BCUT2D eigenvalue weighted by Crippen LogP contribution is -2.34. The number of carbonyl (C=O) groups is 4. The fourth-order valence-electron chi connectivity index (χ4n) is 6.49. The Kier molecular flexibility index (Phi) is 28.0. The number of nitrogens with one attached hydrogen (secondary N) is 4. The Morgan fingerprint density at radius 1 is 0.475 bits per heavy atom. The van der Waals surface area contributed by atoms with Crippen molar-refractivity contribution in [1.82, 2.24) is 21.3 Å². The van der Waals surface area contributed by atoms with Crippen molar-refractivity contribution in [3.8, 4) is 34.1 Å². The van der Waals surface area contributed by atoms with Crippen molar-refractivity contribution in [3.05, 3.63) is 101 Å². The fraction of sp³-hybridized carbons (Fsp3) is 0.273. The maximum atomic E-state index is 13.0. The number of benzene rings is 4. The molecule has 0 atom stereocenters. The second-order valence-corrected chi connectivity index (χ2v) is 26.4. The SMILES string of the molecule is O=C(NCCSSCCNC(=O)/C(Cc1cccc(OS(=O)(=O)O)c1Br)=N/O)/C(Cc1cc(Br)c(O)c(-c2ccc(C/C(=N\O)C(=O)NCCSSCCNC(=O)/C(Cc3ccc(OS(=O)(=O)O)c(Br)c3)=N/O)c(Br)c2O)c1)=N/O. The van der Waals surface area contributed by atoms with Gasteiger partial charge in [0.1, 0.15) is 34.3 Å². The van der Waals surface area contributed by atoms with Gasteiger partial charge in [-0.05, 0) is 116 Å². The first-order chi connectivity index (χ1) is 37.9. The number of nitrogens with zero attached hydrogens (tertiary/aromatic N) is 4. The number of phenols is 2. The van der Waals surface area contributed by atoms with Gasteiger partial charge in [0.05, 0.1) is 17.9 Å². The zero-order valence-electron chi connectivity index (χ0n) is 40.7. The predicted molar refractivity (Wildman–Crippen MR) is 317 cm³/mol. The lowest BCUT2D eigenvalue weighted by molar-refractivity contribution is -0.115. The molecule has 0 saturated heterocycles. The number of phenolic OH excluding ortho intramolecular Hbond substituents is 2. The van der Waals surface area contributed by atoms with Gasteiger partial charge in [-0.25, -0.2) is 0 Å². The van der Waals surface area contributed by atoms with Crippen molar-refractivity contribution < 1.29 is 84.5 Å². The average molecular weight is 1490 g/mol. The summed E-state index contributed by atoms with van der Waals surface area (Å²) in [5, 5.41) is 83.6. The van der Waals surface area contributed by atoms with E-state index in [0.29, 0.717) is 45.3 Å². The Hall–Kier alpha value is -5.02. The van der Waals surface area contributed by atoms with Crippen LogP contribution in [-0.2, 0) is 65.7 Å². The molecule has 0 heterocycles. The molecular formula is C44H46Br4N8O18S6. The van der Waals surface area contributed by atoms with Crippen LogP contribution in [0, 0.1) is 0 Å². The smallest absolute Gasteiger partial charge is 0.446 e. The van der Waals surface area contributed by atoms with E-state index in [4.69, 9.17) is 9.11 Å². The van der Waals surface area contributed by atoms with E-state index >= 15 is 0 Å². The van der Waals surface area contributed by atoms with Crippen LogP contribution >= 0.6 is 107 Å². The van der Waals surface area contributed by atoms with E-state index in [-0.39, 0.29) is 127 Å². The van der Waals surface area contributed by atoms with Crippen LogP contribution in [0.1, 0.15) is 22.3 Å². The normalized spacial score (nSPS) is 12.4. The molecule has 0 aromatic heterocycles. The van der Waals surface area contributed by atoms with Crippen molar-refractivity contribution in [1.29, 1.82) is 0 Å². The van der Waals surface area contributed by atoms with Gasteiger partial charge in [0, 0.05) is 86.0 Å². The standard InChI is InChI=1S/C44H46Br4N8O18S6/c45-29-17-23(4-7-35(29)73-79(67,68)69)19-31(53-63)41(59)49-8-12-75-78-15-11-52-44(62)34(56-66)22-26-5-6-27(40(58)38(26)48)28-16-24(18-30(46)39(28)57)20-32(54-64)42(60)50-9-13-76-77-14-10-51-43(61)33(55-65)21-25-2-1-3-36(37(25)47)74-80(70,71)72/h1-7,16-18,57-58,63-66H,8-15,19-22H2,(H,49,59)(H,50,60)(H,51,61)(H,52,62)(H,67,68,69)(H,70,71,72)/b53-31+,54-32+,55-33+,56-34+. The highest BCUT2D eigenvalue weighted by Crippen LogP contribution is 2.44. The Labute approximate surface area is 506 Å². The van der Waals surface area contributed by atoms with Crippen molar-refractivity contribution in [2.75, 3.05) is 49.2 Å². The molecule has 12 N–H and O–H groups in total. The minimum atomic E-state index is -4.82. The molecule has 4 rings (SSSR count). The molecule has 0 aliphatic rings. The molecule has 36 heteroatoms. The molecule has 0 fully saturated rings. The van der Waals surface area contributed by atoms with E-state index in [2.05, 4.69) is 114 Å². The third-order valence-electron chi connectivity index (χ3n) is 10.1. The van der Waals surface area contributed by atoms with Crippen LogP contribution in [0.5, 0.6) is 23.0 Å². The number of hydrogen-bond acceptors (Lipinski definition) is 24. The Bertz CT molecular complexity index is 3270. The highest BCUT2D eigenvalue weighted by atomic mass is 79.9. The molecule has 0 spiro atoms. The van der Waals surface area contributed by atoms with Crippen LogP contribution in [0.2, 0.25) is 0 Å². The molecule has 4 amide bonds. The molecular weight excluding hydrogens is 1440 g/mol. The van der Waals surface area contributed by atoms with E-state index in [1.807, 2.05) is 0 Å². The zero-order valence-corrected chi connectivity index (χ0v) is 51.9. The lowest BCUT2D eigenvalue weighted by atomic mass is 9.96. The molecule has 0 unspecified atom stereocenters. The van der Waals surface area contributed by atoms with E-state index in [0.717, 1.165) is 0 Å². The van der Waals surface area contributed by atoms with Crippen molar-refractivity contribution in [2.24, 2.45) is 20.6 Å². The number of hydrogen-bond donors (Lipinski definition) is 12. The molecule has 4 aromatic rings. The molecule has 0 aliphatic carbocycles. The summed E-state index contributed by atoms with van der Waals surface area (Å²) in [6.07, 6.45) is -0.780. The molecule has 26 nitrogen and oxygen atoms in total. The van der Waals surface area contributed by atoms with Crippen molar-refractivity contribution in [2.45, 2.75) is 25.7 Å². The highest BCUT2D eigenvalue weighted by Gasteiger charge is 2.23. The number of rotatable bonds is 31. The van der Waals surface area contributed by atoms with Gasteiger partial charge in [0.15, 0.2) is 11.5 Å². The van der Waals surface area contributed by atoms with Gasteiger partial charge in [-0.3, -0.25) is 28.3 Å². The van der Waals surface area contributed by atoms with E-state index in [1.54, 1.807) is 0 Å². The van der Waals surface area contributed by atoms with Gasteiger partial charge in [-0.15, -0.1) is 0 Å². The first kappa shape index (κ1) is 67.5. The maximum absolute atomic E-state index is 13.0. The van der Waals surface area contributed by atoms with Crippen molar-refractivity contribution >= 4 is 174 Å². The largest absolute Gasteiger partial charge is 0.506 e. The molecule has 434 valence electrons. The number of halogens is 4. The molecule has 0 radical (unpaired) electrons. The summed E-state index contributed by atoms with van der Waals surface area (Å²) >= 11 is 12.9. The van der Waals surface area contributed by atoms with Crippen molar-refractivity contribution in [3.63, 3.8) is 0 Å². The third-order valence-corrected chi connectivity index (χ3v) is 18.7. The van der Waals surface area contributed by atoms with Gasteiger partial charge in [0.2, 0.25) is 0 Å². The number of carbonyl (C=O) groups excluding carboxylic acids is 4. The topological polar surface area (TPSA) is 414 Å². The number of oxime groups is 4. The number of aromatic hydroxyl groups is 2. The summed E-state index contributed by atoms with van der Waals surface area (Å²) < 4.78 is 71.6. The predicted octanol–water partition coefficient (Wildman–Crippen LogP) is 6.30. The first-order valence-electron chi connectivity index (χ1n) is 22.3. The Morgan fingerprint density at radius 2 is 0.887 bits per heavy atom. The average Bonchev–Trinajstić information content (AvgIpc) is 3.51. The summed E-state index contributed by atoms with van der Waals surface area (Å²) in [6, 6.07) is 14.2. The monoisotopic (exact) mass is 1480 g/mol. The van der Waals surface area contributed by atoms with Crippen LogP contribution in [0.3, 0.4) is 0 Å². The summed E-state index contributed by atoms with van der Waals surface area (Å²) in [7, 11) is -4.11. The van der Waals surface area contributed by atoms with Crippen LogP contribution in [0.15, 0.2) is 99.2 Å². The Morgan fingerprint density at radius 3 is 1.32 bits per heavy atom. The van der Waals surface area contributed by atoms with Crippen LogP contribution in [0.25, 0.3) is 11.1 Å². The zero-order chi connectivity index (χ0) is 59.2. The maximum Gasteiger partial charge on any atom is 0.446 e. The van der Waals surface area contributed by atoms with Gasteiger partial charge < -0.3 is 60.7 Å². The van der Waals surface area contributed by atoms with Gasteiger partial charge in [0.25, 0.3) is 23.6 Å². The van der Waals surface area contributed by atoms with Gasteiger partial charge in [-0.2, -0.15) is 16.8 Å². The first-order valence-corrected chi connectivity index (χ1v) is 33.1. The molecule has 0 bridgehead atoms. The highest BCUT2D eigenvalue weighted by molar-refractivity contribution is 9.11. The molecule has 80 heavy (non-hydrogen) atoms. The van der Waals surface area contributed by atoms with Gasteiger partial charge in [-0.1, -0.05) is 94.1 Å². The number of amides is 4. The molecule has 4 aromatic carbocycles. The second-order valence-electron chi connectivity index (χ2n) is 15.6. The summed E-state index contributed by atoms with van der Waals surface area (Å²) in [6.45, 7) is 0.664. The molecule has 0 aliphatic heterocycles. The minimum Gasteiger partial charge on any atom is -0.506 e. The lowest BCUT2D eigenvalue weighted by Gasteiger charge is -2.15. The van der Waals surface area contributed by atoms with Crippen LogP contribution in [-0.4, -0.2) is 153 Å². The van der Waals surface area contributed by atoms with Crippen LogP contribution < -0.4 is 29.6 Å². The second kappa shape index (κ2) is 33.2. The van der Waals surface area contributed by atoms with Gasteiger partial charge >= 0.3 is 20.8 Å². The Balaban J connectivity index is 1.18. The molecule has 0 saturated carbocycles. The quantitative estimate of drug-likeness (QED) is 0.00657. The van der Waals surface area contributed by atoms with E-state index < -0.39 is 44.4 Å².